The van der Waals surface area contributed by atoms with Gasteiger partial charge in [0.2, 0.25) is 0 Å². The van der Waals surface area contributed by atoms with Crippen LogP contribution in [0.25, 0.3) is 6.08 Å². The molecule has 8 heteroatoms. The summed E-state index contributed by atoms with van der Waals surface area (Å²) in [5, 5.41) is 12.8. The molecule has 2 aromatic carbocycles. The van der Waals surface area contributed by atoms with E-state index in [1.807, 2.05) is 0 Å². The van der Waals surface area contributed by atoms with Crippen molar-refractivity contribution in [2.45, 2.75) is 6.61 Å². The fourth-order valence-electron chi connectivity index (χ4n) is 2.24. The van der Waals surface area contributed by atoms with E-state index in [0.29, 0.717) is 21.8 Å². The molecule has 0 aromatic heterocycles. The van der Waals surface area contributed by atoms with Crippen LogP contribution in [0.3, 0.4) is 0 Å². The Balaban J connectivity index is 1.75. The van der Waals surface area contributed by atoms with Gasteiger partial charge in [0, 0.05) is 6.07 Å². The number of carbonyl (C=O) groups excluding carboxylic acids is 2. The number of hydrogen-bond donors (Lipinski definition) is 1. The number of nitrogens with one attached hydrogen (secondary N) is 1. The van der Waals surface area contributed by atoms with Crippen LogP contribution >= 0.6 is 11.8 Å². The summed E-state index contributed by atoms with van der Waals surface area (Å²) in [7, 11) is 0. The average molecular weight is 356 g/mol. The van der Waals surface area contributed by atoms with E-state index in [2.05, 4.69) is 5.32 Å². The normalized spacial score (nSPS) is 15.3. The van der Waals surface area contributed by atoms with Crippen LogP contribution in [0.1, 0.15) is 11.1 Å². The summed E-state index contributed by atoms with van der Waals surface area (Å²) in [6.07, 6.45) is 1.59. The monoisotopic (exact) mass is 356 g/mol. The Kier molecular flexibility index (Phi) is 4.80. The molecule has 1 aliphatic rings. The lowest BCUT2D eigenvalue weighted by molar-refractivity contribution is -0.385. The summed E-state index contributed by atoms with van der Waals surface area (Å²) in [5.74, 6) is 0.0727. The second-order valence-electron chi connectivity index (χ2n) is 5.10. The number of imide groups is 1. The Labute approximate surface area is 146 Å². The summed E-state index contributed by atoms with van der Waals surface area (Å²) in [6.45, 7) is 0.0465. The van der Waals surface area contributed by atoms with Crippen molar-refractivity contribution in [3.63, 3.8) is 0 Å². The number of carbonyl (C=O) groups is 2. The highest BCUT2D eigenvalue weighted by Crippen LogP contribution is 2.27. The summed E-state index contributed by atoms with van der Waals surface area (Å²) >= 11 is 0.835. The van der Waals surface area contributed by atoms with E-state index in [-0.39, 0.29) is 12.3 Å². The van der Waals surface area contributed by atoms with E-state index >= 15 is 0 Å². The second kappa shape index (κ2) is 7.18. The smallest absolute Gasteiger partial charge is 0.290 e. The van der Waals surface area contributed by atoms with Gasteiger partial charge in [-0.15, -0.1) is 0 Å². The molecule has 1 fully saturated rings. The highest BCUT2D eigenvalue weighted by molar-refractivity contribution is 8.18. The first-order valence-electron chi connectivity index (χ1n) is 7.23. The predicted octanol–water partition coefficient (Wildman–Crippen LogP) is 3.50. The SMILES string of the molecule is O=C1NC(=O)/C(=C/c2cccc(OCc3ccccc3[N+](=O)[O-])c2)S1. The summed E-state index contributed by atoms with van der Waals surface area (Å²) in [5.41, 5.74) is 1.15. The lowest BCUT2D eigenvalue weighted by Gasteiger charge is -2.07. The topological polar surface area (TPSA) is 98.5 Å². The molecule has 0 spiro atoms. The number of para-hydroxylation sites is 1. The van der Waals surface area contributed by atoms with Crippen LogP contribution in [0.4, 0.5) is 10.5 Å². The zero-order chi connectivity index (χ0) is 17.8. The molecule has 3 rings (SSSR count). The van der Waals surface area contributed by atoms with Gasteiger partial charge in [-0.25, -0.2) is 0 Å². The number of thioether (sulfide) groups is 1. The molecule has 2 amide bonds. The maximum Gasteiger partial charge on any atom is 0.290 e. The quantitative estimate of drug-likeness (QED) is 0.500. The van der Waals surface area contributed by atoms with Crippen LogP contribution in [-0.2, 0) is 11.4 Å². The third kappa shape index (κ3) is 4.04. The van der Waals surface area contributed by atoms with Gasteiger partial charge in [-0.1, -0.05) is 24.3 Å². The zero-order valence-electron chi connectivity index (χ0n) is 12.8. The van der Waals surface area contributed by atoms with E-state index in [9.17, 15) is 19.7 Å². The summed E-state index contributed by atoms with van der Waals surface area (Å²) in [6, 6.07) is 13.3. The Morgan fingerprint density at radius 2 is 1.96 bits per heavy atom. The molecule has 0 aliphatic carbocycles. The van der Waals surface area contributed by atoms with Crippen molar-refractivity contribution in [2.24, 2.45) is 0 Å². The highest BCUT2D eigenvalue weighted by Gasteiger charge is 2.24. The Bertz CT molecular complexity index is 894. The fraction of sp³-hybridized carbons (Fsp3) is 0.0588. The maximum absolute atomic E-state index is 11.6. The van der Waals surface area contributed by atoms with Crippen molar-refractivity contribution in [2.75, 3.05) is 0 Å². The van der Waals surface area contributed by atoms with Crippen LogP contribution < -0.4 is 10.1 Å². The van der Waals surface area contributed by atoms with Gasteiger partial charge in [0.05, 0.1) is 15.4 Å². The Morgan fingerprint density at radius 3 is 2.68 bits per heavy atom. The zero-order valence-corrected chi connectivity index (χ0v) is 13.6. The molecule has 126 valence electrons. The number of nitro benzene ring substituents is 1. The molecule has 0 atom stereocenters. The van der Waals surface area contributed by atoms with Gasteiger partial charge in [0.1, 0.15) is 12.4 Å². The number of rotatable bonds is 5. The van der Waals surface area contributed by atoms with Crippen LogP contribution in [0.2, 0.25) is 0 Å². The van der Waals surface area contributed by atoms with Gasteiger partial charge in [0.15, 0.2) is 0 Å². The van der Waals surface area contributed by atoms with Crippen molar-refractivity contribution in [1.82, 2.24) is 5.32 Å². The van der Waals surface area contributed by atoms with Crippen molar-refractivity contribution in [3.8, 4) is 5.75 Å². The lowest BCUT2D eigenvalue weighted by Crippen LogP contribution is -2.17. The summed E-state index contributed by atoms with van der Waals surface area (Å²) in [4.78, 5) is 33.6. The molecule has 0 unspecified atom stereocenters. The molecule has 0 saturated carbocycles. The van der Waals surface area contributed by atoms with E-state index in [1.54, 1.807) is 48.5 Å². The summed E-state index contributed by atoms with van der Waals surface area (Å²) < 4.78 is 5.63. The lowest BCUT2D eigenvalue weighted by atomic mass is 10.2. The van der Waals surface area contributed by atoms with Gasteiger partial charge in [-0.05, 0) is 41.6 Å². The number of nitrogens with zero attached hydrogens (tertiary/aromatic N) is 1. The van der Waals surface area contributed by atoms with Crippen LogP contribution in [0.5, 0.6) is 5.75 Å². The molecule has 2 aromatic rings. The molecule has 1 heterocycles. The van der Waals surface area contributed by atoms with Crippen LogP contribution in [-0.4, -0.2) is 16.1 Å². The molecule has 0 bridgehead atoms. The van der Waals surface area contributed by atoms with E-state index < -0.39 is 16.1 Å². The van der Waals surface area contributed by atoms with E-state index in [1.165, 1.54) is 6.07 Å². The van der Waals surface area contributed by atoms with E-state index in [4.69, 9.17) is 4.74 Å². The Hall–Kier alpha value is -3.13. The second-order valence-corrected chi connectivity index (χ2v) is 6.11. The first-order chi connectivity index (χ1) is 12.0. The van der Waals surface area contributed by atoms with Crippen LogP contribution in [0.15, 0.2) is 53.4 Å². The van der Waals surface area contributed by atoms with Crippen molar-refractivity contribution < 1.29 is 19.2 Å². The van der Waals surface area contributed by atoms with Gasteiger partial charge >= 0.3 is 0 Å². The molecular weight excluding hydrogens is 344 g/mol. The minimum Gasteiger partial charge on any atom is -0.489 e. The van der Waals surface area contributed by atoms with Crippen LogP contribution in [0, 0.1) is 10.1 Å². The number of amides is 2. The number of nitro groups is 1. The molecule has 1 aliphatic heterocycles. The van der Waals surface area contributed by atoms with Gasteiger partial charge in [-0.3, -0.25) is 25.0 Å². The first-order valence-corrected chi connectivity index (χ1v) is 8.04. The van der Waals surface area contributed by atoms with Crippen molar-refractivity contribution in [1.29, 1.82) is 0 Å². The first kappa shape index (κ1) is 16.7. The Morgan fingerprint density at radius 1 is 1.16 bits per heavy atom. The molecule has 1 saturated heterocycles. The number of benzene rings is 2. The van der Waals surface area contributed by atoms with Crippen molar-refractivity contribution >= 4 is 34.7 Å². The minimum absolute atomic E-state index is 0.00156. The van der Waals surface area contributed by atoms with E-state index in [0.717, 1.165) is 11.8 Å². The largest absolute Gasteiger partial charge is 0.489 e. The molecule has 7 nitrogen and oxygen atoms in total. The molecular formula is C17H12N2O5S. The van der Waals surface area contributed by atoms with Gasteiger partial charge in [-0.2, -0.15) is 0 Å². The predicted molar refractivity (Wildman–Crippen MR) is 93.0 cm³/mol. The third-order valence-corrected chi connectivity index (χ3v) is 4.19. The number of ether oxygens (including phenoxy) is 1. The fourth-order valence-corrected chi connectivity index (χ4v) is 2.92. The average Bonchev–Trinajstić information content (AvgIpc) is 2.91. The minimum atomic E-state index is -0.452. The molecule has 25 heavy (non-hydrogen) atoms. The van der Waals surface area contributed by atoms with Crippen molar-refractivity contribution in [3.05, 3.63) is 74.7 Å². The third-order valence-electron chi connectivity index (χ3n) is 3.38. The maximum atomic E-state index is 11.6. The van der Waals surface area contributed by atoms with Gasteiger partial charge < -0.3 is 4.74 Å². The number of hydrogen-bond acceptors (Lipinski definition) is 6. The van der Waals surface area contributed by atoms with Gasteiger partial charge in [0.25, 0.3) is 16.8 Å². The molecule has 1 N–H and O–H groups in total. The molecule has 0 radical (unpaired) electrons. The highest BCUT2D eigenvalue weighted by atomic mass is 32.2. The standard InChI is InChI=1S/C17H12N2O5S/c20-16-15(25-17(21)18-16)9-11-4-3-6-13(8-11)24-10-12-5-1-2-7-14(12)19(22)23/h1-9H,10H2,(H,18,20,21)/b15-9-.